The average molecular weight is 833 g/mol. The van der Waals surface area contributed by atoms with Gasteiger partial charge in [-0.1, -0.05) is 188 Å². The Morgan fingerprint density at radius 3 is 1.64 bits per heavy atom. The zero-order valence-electron chi connectivity index (χ0n) is 34.9. The van der Waals surface area contributed by atoms with Crippen LogP contribution in [-0.2, 0) is 5.41 Å². The molecule has 64 heavy (non-hydrogen) atoms. The molecule has 0 bridgehead atoms. The van der Waals surface area contributed by atoms with E-state index >= 15 is 0 Å². The fourth-order valence-corrected chi connectivity index (χ4v) is 12.0. The molecule has 0 atom stereocenters. The van der Waals surface area contributed by atoms with E-state index in [0.717, 1.165) is 17.1 Å². The van der Waals surface area contributed by atoms with Crippen molar-refractivity contribution in [3.8, 4) is 27.9 Å². The summed E-state index contributed by atoms with van der Waals surface area (Å²) in [7, 11) is 0. The Hall–Kier alpha value is -7.98. The minimum Gasteiger partial charge on any atom is -0.309 e. The van der Waals surface area contributed by atoms with E-state index in [-0.39, 0.29) is 0 Å². The molecule has 0 N–H and O–H groups in total. The Labute approximate surface area is 376 Å². The number of fused-ring (bicyclic) bond motifs is 9. The molecular weight excluding hydrogens is 793 g/mol. The zero-order valence-corrected chi connectivity index (χ0v) is 35.7. The Bertz CT molecular complexity index is 3620. The molecule has 0 spiro atoms. The molecule has 0 radical (unpaired) electrons. The van der Waals surface area contributed by atoms with E-state index in [9.17, 15) is 0 Å². The number of anilines is 3. The van der Waals surface area contributed by atoms with Gasteiger partial charge < -0.3 is 9.47 Å². The van der Waals surface area contributed by atoms with Crippen molar-refractivity contribution in [2.24, 2.45) is 0 Å². The number of hydrogen-bond donors (Lipinski definition) is 0. The Balaban J connectivity index is 1.04. The number of benzene rings is 10. The molecule has 2 aromatic heterocycles. The average Bonchev–Trinajstić information content (AvgIpc) is 4.01. The van der Waals surface area contributed by atoms with Crippen LogP contribution in [0.1, 0.15) is 22.3 Å². The predicted octanol–water partition coefficient (Wildman–Crippen LogP) is 16.7. The highest BCUT2D eigenvalue weighted by Crippen LogP contribution is 2.57. The minimum absolute atomic E-state index is 0.514. The van der Waals surface area contributed by atoms with Crippen molar-refractivity contribution in [1.82, 2.24) is 4.57 Å². The van der Waals surface area contributed by atoms with Crippen molar-refractivity contribution in [2.75, 3.05) is 4.90 Å². The first-order chi connectivity index (χ1) is 31.8. The van der Waals surface area contributed by atoms with Gasteiger partial charge in [0.2, 0.25) is 0 Å². The summed E-state index contributed by atoms with van der Waals surface area (Å²) >= 11 is 1.88. The van der Waals surface area contributed by atoms with Crippen LogP contribution in [0, 0.1) is 0 Å². The van der Waals surface area contributed by atoms with Crippen molar-refractivity contribution >= 4 is 70.4 Å². The lowest BCUT2D eigenvalue weighted by Crippen LogP contribution is -2.28. The molecule has 3 heteroatoms. The molecule has 0 unspecified atom stereocenters. The van der Waals surface area contributed by atoms with E-state index in [1.165, 1.54) is 92.2 Å². The molecule has 13 rings (SSSR count). The molecule has 300 valence electrons. The van der Waals surface area contributed by atoms with Crippen LogP contribution in [0.4, 0.5) is 17.1 Å². The summed E-state index contributed by atoms with van der Waals surface area (Å²) in [5.74, 6) is 0. The number of nitrogens with zero attached hydrogens (tertiary/aromatic N) is 2. The van der Waals surface area contributed by atoms with Crippen molar-refractivity contribution in [2.45, 2.75) is 5.41 Å². The molecule has 0 aliphatic heterocycles. The van der Waals surface area contributed by atoms with Gasteiger partial charge in [-0.25, -0.2) is 0 Å². The van der Waals surface area contributed by atoms with Crippen LogP contribution in [-0.4, -0.2) is 4.57 Å². The normalized spacial score (nSPS) is 12.8. The molecule has 2 heterocycles. The Morgan fingerprint density at radius 1 is 0.375 bits per heavy atom. The largest absolute Gasteiger partial charge is 0.309 e. The van der Waals surface area contributed by atoms with Gasteiger partial charge in [0.05, 0.1) is 26.8 Å². The molecule has 0 fully saturated rings. The molecule has 0 saturated carbocycles. The van der Waals surface area contributed by atoms with Crippen LogP contribution in [0.2, 0.25) is 0 Å². The molecule has 10 aromatic carbocycles. The molecule has 0 saturated heterocycles. The van der Waals surface area contributed by atoms with Crippen molar-refractivity contribution < 1.29 is 0 Å². The first kappa shape index (κ1) is 36.7. The highest BCUT2D eigenvalue weighted by Gasteiger charge is 2.46. The smallest absolute Gasteiger partial charge is 0.0714 e. The van der Waals surface area contributed by atoms with Gasteiger partial charge in [0.15, 0.2) is 0 Å². The van der Waals surface area contributed by atoms with Crippen LogP contribution < -0.4 is 4.90 Å². The van der Waals surface area contributed by atoms with Gasteiger partial charge >= 0.3 is 0 Å². The van der Waals surface area contributed by atoms with Gasteiger partial charge in [0.1, 0.15) is 0 Å². The fraction of sp³-hybridized carbons (Fsp3) is 0.0164. The third-order valence-electron chi connectivity index (χ3n) is 13.5. The number of hydrogen-bond acceptors (Lipinski definition) is 2. The van der Waals surface area contributed by atoms with Gasteiger partial charge in [-0.2, -0.15) is 0 Å². The maximum atomic E-state index is 2.49. The van der Waals surface area contributed by atoms with E-state index < -0.39 is 5.41 Å². The molecule has 12 aromatic rings. The topological polar surface area (TPSA) is 8.17 Å². The van der Waals surface area contributed by atoms with E-state index in [0.29, 0.717) is 0 Å². The lowest BCUT2D eigenvalue weighted by Gasteiger charge is -2.35. The van der Waals surface area contributed by atoms with Gasteiger partial charge in [-0.15, -0.1) is 11.3 Å². The van der Waals surface area contributed by atoms with Gasteiger partial charge in [-0.3, -0.25) is 0 Å². The van der Waals surface area contributed by atoms with E-state index in [1.54, 1.807) is 0 Å². The van der Waals surface area contributed by atoms with Crippen LogP contribution in [0.3, 0.4) is 0 Å². The molecule has 1 aliphatic carbocycles. The summed E-state index contributed by atoms with van der Waals surface area (Å²) in [4.78, 5) is 2.49. The van der Waals surface area contributed by atoms with E-state index in [1.807, 2.05) is 11.3 Å². The van der Waals surface area contributed by atoms with Crippen LogP contribution in [0.5, 0.6) is 0 Å². The standard InChI is InChI=1S/C61H40N2S/c1-4-17-41(18-5-1)42-31-33-45(34-32-42)62(46-35-37-49-48-23-10-13-27-54(48)61(55(49)39-46,43-19-6-2-7-20-43)44-21-8-3-9-22-44)58-30-16-26-53-52-38-36-47(40-59(52)64-60(53)58)63-56-28-14-11-24-50(56)51-25-12-15-29-57(51)63/h1-40H. The van der Waals surface area contributed by atoms with Gasteiger partial charge in [0.25, 0.3) is 0 Å². The lowest BCUT2D eigenvalue weighted by atomic mass is 9.67. The van der Waals surface area contributed by atoms with Gasteiger partial charge in [0, 0.05) is 43.3 Å². The van der Waals surface area contributed by atoms with Crippen LogP contribution in [0.25, 0.3) is 69.9 Å². The highest BCUT2D eigenvalue weighted by atomic mass is 32.1. The first-order valence-corrected chi connectivity index (χ1v) is 22.8. The van der Waals surface area contributed by atoms with E-state index in [4.69, 9.17) is 0 Å². The maximum absolute atomic E-state index is 2.49. The predicted molar refractivity (Wildman–Crippen MR) is 271 cm³/mol. The SMILES string of the molecule is c1ccc(-c2ccc(N(c3ccc4c(c3)C(c3ccccc3)(c3ccccc3)c3ccccc3-4)c3cccc4c3sc3cc(-n5c6ccccc6c6ccccc65)ccc34)cc2)cc1. The summed E-state index contributed by atoms with van der Waals surface area (Å²) in [6.45, 7) is 0. The van der Waals surface area contributed by atoms with Crippen LogP contribution in [0.15, 0.2) is 243 Å². The summed E-state index contributed by atoms with van der Waals surface area (Å²) in [6.07, 6.45) is 0. The molecule has 2 nitrogen and oxygen atoms in total. The first-order valence-electron chi connectivity index (χ1n) is 22.0. The summed E-state index contributed by atoms with van der Waals surface area (Å²) in [5, 5.41) is 5.06. The number of para-hydroxylation sites is 2. The van der Waals surface area contributed by atoms with Crippen molar-refractivity contribution in [3.63, 3.8) is 0 Å². The molecule has 0 amide bonds. The summed E-state index contributed by atoms with van der Waals surface area (Å²) in [6, 6.07) is 89.5. The summed E-state index contributed by atoms with van der Waals surface area (Å²) < 4.78 is 4.94. The minimum atomic E-state index is -0.514. The molecule has 1 aliphatic rings. The second kappa shape index (κ2) is 14.6. The second-order valence-corrected chi connectivity index (χ2v) is 17.9. The fourth-order valence-electron chi connectivity index (χ4n) is 10.7. The highest BCUT2D eigenvalue weighted by molar-refractivity contribution is 7.26. The summed E-state index contributed by atoms with van der Waals surface area (Å²) in [5.41, 5.74) is 16.5. The lowest BCUT2D eigenvalue weighted by molar-refractivity contribution is 0.768. The quantitative estimate of drug-likeness (QED) is 0.155. The second-order valence-electron chi connectivity index (χ2n) is 16.8. The number of aromatic nitrogens is 1. The van der Waals surface area contributed by atoms with E-state index in [2.05, 4.69) is 252 Å². The maximum Gasteiger partial charge on any atom is 0.0714 e. The van der Waals surface area contributed by atoms with Crippen molar-refractivity contribution in [1.29, 1.82) is 0 Å². The number of rotatable bonds is 7. The van der Waals surface area contributed by atoms with Crippen molar-refractivity contribution in [3.05, 3.63) is 265 Å². The number of thiophene rings is 1. The molecular formula is C61H40N2S. The van der Waals surface area contributed by atoms with Gasteiger partial charge in [-0.05, 0) is 99.1 Å². The third-order valence-corrected chi connectivity index (χ3v) is 14.7. The Kier molecular flexibility index (Phi) is 8.34. The Morgan fingerprint density at radius 2 is 0.938 bits per heavy atom. The monoisotopic (exact) mass is 832 g/mol. The zero-order chi connectivity index (χ0) is 42.2. The van der Waals surface area contributed by atoms with Crippen LogP contribution >= 0.6 is 11.3 Å². The third kappa shape index (κ3) is 5.44.